The molecule has 1 heterocycles. The number of carboxylic acid groups (broad SMARTS) is 1. The van der Waals surface area contributed by atoms with Gasteiger partial charge in [0.2, 0.25) is 5.75 Å². The van der Waals surface area contributed by atoms with E-state index in [2.05, 4.69) is 9.97 Å². The van der Waals surface area contributed by atoms with Gasteiger partial charge in [0.15, 0.2) is 11.5 Å². The van der Waals surface area contributed by atoms with Crippen molar-refractivity contribution >= 4 is 11.7 Å². The number of aryl methyl sites for hydroxylation is 1. The molecular formula is C12H8FN3O5. The lowest BCUT2D eigenvalue weighted by molar-refractivity contribution is -0.385. The molecular weight excluding hydrogens is 285 g/mol. The zero-order valence-corrected chi connectivity index (χ0v) is 10.6. The lowest BCUT2D eigenvalue weighted by Gasteiger charge is -2.06. The summed E-state index contributed by atoms with van der Waals surface area (Å²) in [5.41, 5.74) is -0.718. The summed E-state index contributed by atoms with van der Waals surface area (Å²) in [4.78, 5) is 28.2. The third-order valence-corrected chi connectivity index (χ3v) is 2.39. The monoisotopic (exact) mass is 293 g/mol. The van der Waals surface area contributed by atoms with Gasteiger partial charge in [-0.1, -0.05) is 6.07 Å². The minimum absolute atomic E-state index is 0.261. The Morgan fingerprint density at radius 1 is 1.43 bits per heavy atom. The first-order chi connectivity index (χ1) is 9.88. The maximum absolute atomic E-state index is 13.7. The zero-order chi connectivity index (χ0) is 15.6. The average molecular weight is 293 g/mol. The van der Waals surface area contributed by atoms with Crippen molar-refractivity contribution in [1.29, 1.82) is 0 Å². The predicted octanol–water partition coefficient (Wildman–Crippen LogP) is 2.32. The van der Waals surface area contributed by atoms with E-state index in [1.165, 1.54) is 13.0 Å². The molecule has 0 unspecified atom stereocenters. The van der Waals surface area contributed by atoms with Crippen LogP contribution < -0.4 is 4.74 Å². The number of hydrogen-bond donors (Lipinski definition) is 1. The number of nitro benzene ring substituents is 1. The van der Waals surface area contributed by atoms with Crippen molar-refractivity contribution < 1.29 is 24.0 Å². The molecule has 9 heteroatoms. The Bertz CT molecular complexity index is 735. The number of aromatic carboxylic acids is 1. The van der Waals surface area contributed by atoms with Gasteiger partial charge in [-0.15, -0.1) is 0 Å². The van der Waals surface area contributed by atoms with Crippen LogP contribution >= 0.6 is 0 Å². The van der Waals surface area contributed by atoms with Gasteiger partial charge >= 0.3 is 17.7 Å². The highest BCUT2D eigenvalue weighted by atomic mass is 19.1. The Hall–Kier alpha value is -3.10. The fourth-order valence-electron chi connectivity index (χ4n) is 1.53. The lowest BCUT2D eigenvalue weighted by Crippen LogP contribution is -2.05. The fraction of sp³-hybridized carbons (Fsp3) is 0.0833. The highest BCUT2D eigenvalue weighted by molar-refractivity contribution is 5.85. The van der Waals surface area contributed by atoms with Crippen LogP contribution in [-0.4, -0.2) is 26.0 Å². The second-order valence-corrected chi connectivity index (χ2v) is 3.93. The molecule has 1 aromatic heterocycles. The predicted molar refractivity (Wildman–Crippen MR) is 66.9 cm³/mol. The minimum Gasteiger partial charge on any atom is -0.477 e. The molecule has 0 amide bonds. The van der Waals surface area contributed by atoms with Gasteiger partial charge in [0.25, 0.3) is 0 Å². The number of ether oxygens (including phenoxy) is 1. The van der Waals surface area contributed by atoms with E-state index in [4.69, 9.17) is 9.84 Å². The van der Waals surface area contributed by atoms with Crippen molar-refractivity contribution in [2.24, 2.45) is 0 Å². The number of nitrogens with zero attached hydrogens (tertiary/aromatic N) is 3. The van der Waals surface area contributed by atoms with E-state index in [1.807, 2.05) is 0 Å². The molecule has 2 rings (SSSR count). The Labute approximate surface area is 117 Å². The molecule has 0 aliphatic carbocycles. The van der Waals surface area contributed by atoms with Gasteiger partial charge in [-0.25, -0.2) is 14.2 Å². The quantitative estimate of drug-likeness (QED) is 0.679. The SMILES string of the molecule is Cc1cc(C(=O)O)nc(Oc2c(F)cccc2[N+](=O)[O-])n1. The topological polar surface area (TPSA) is 115 Å². The van der Waals surface area contributed by atoms with Gasteiger partial charge in [-0.2, -0.15) is 4.98 Å². The molecule has 0 saturated heterocycles. The molecule has 0 spiro atoms. The second kappa shape index (κ2) is 5.49. The lowest BCUT2D eigenvalue weighted by atomic mass is 10.3. The summed E-state index contributed by atoms with van der Waals surface area (Å²) < 4.78 is 18.6. The molecule has 0 fully saturated rings. The Kier molecular flexibility index (Phi) is 3.74. The largest absolute Gasteiger partial charge is 0.477 e. The van der Waals surface area contributed by atoms with Gasteiger partial charge in [0, 0.05) is 11.8 Å². The number of benzene rings is 1. The number of carboxylic acids is 1. The van der Waals surface area contributed by atoms with Crippen LogP contribution in [0.4, 0.5) is 10.1 Å². The standard InChI is InChI=1S/C12H8FN3O5/c1-6-5-8(11(17)18)15-12(14-6)21-10-7(13)3-2-4-9(10)16(19)20/h2-5H,1H3,(H,17,18). The van der Waals surface area contributed by atoms with Gasteiger partial charge < -0.3 is 9.84 Å². The van der Waals surface area contributed by atoms with Crippen LogP contribution in [0.3, 0.4) is 0 Å². The highest BCUT2D eigenvalue weighted by Crippen LogP contribution is 2.32. The normalized spacial score (nSPS) is 10.2. The van der Waals surface area contributed by atoms with Crippen LogP contribution in [0.25, 0.3) is 0 Å². The van der Waals surface area contributed by atoms with Crippen LogP contribution in [0.5, 0.6) is 11.8 Å². The molecule has 0 radical (unpaired) electrons. The van der Waals surface area contributed by atoms with Crippen molar-refractivity contribution in [3.63, 3.8) is 0 Å². The summed E-state index contributed by atoms with van der Waals surface area (Å²) in [6.07, 6.45) is 0. The van der Waals surface area contributed by atoms with Crippen molar-refractivity contribution in [3.05, 3.63) is 51.6 Å². The van der Waals surface area contributed by atoms with Crippen molar-refractivity contribution in [2.75, 3.05) is 0 Å². The van der Waals surface area contributed by atoms with E-state index in [1.54, 1.807) is 0 Å². The number of halogens is 1. The third-order valence-electron chi connectivity index (χ3n) is 2.39. The van der Waals surface area contributed by atoms with E-state index in [0.717, 1.165) is 18.2 Å². The summed E-state index contributed by atoms with van der Waals surface area (Å²) in [5.74, 6) is -2.98. The molecule has 8 nitrogen and oxygen atoms in total. The van der Waals surface area contributed by atoms with Crippen molar-refractivity contribution in [3.8, 4) is 11.8 Å². The van der Waals surface area contributed by atoms with Crippen LogP contribution in [-0.2, 0) is 0 Å². The number of carbonyl (C=O) groups is 1. The summed E-state index contributed by atoms with van der Waals surface area (Å²) in [6.45, 7) is 1.48. The molecule has 2 aromatic rings. The minimum atomic E-state index is -1.33. The van der Waals surface area contributed by atoms with Gasteiger partial charge in [-0.05, 0) is 19.1 Å². The van der Waals surface area contributed by atoms with Crippen molar-refractivity contribution in [2.45, 2.75) is 6.92 Å². The molecule has 21 heavy (non-hydrogen) atoms. The summed E-state index contributed by atoms with van der Waals surface area (Å²) in [7, 11) is 0. The summed E-state index contributed by atoms with van der Waals surface area (Å²) in [6, 6.07) is 3.87. The molecule has 0 aliphatic rings. The zero-order valence-electron chi connectivity index (χ0n) is 10.6. The fourth-order valence-corrected chi connectivity index (χ4v) is 1.53. The van der Waals surface area contributed by atoms with Crippen LogP contribution in [0, 0.1) is 22.9 Å². The first kappa shape index (κ1) is 14.3. The smallest absolute Gasteiger partial charge is 0.354 e. The molecule has 1 aromatic carbocycles. The van der Waals surface area contributed by atoms with E-state index in [0.29, 0.717) is 0 Å². The Balaban J connectivity index is 2.48. The van der Waals surface area contributed by atoms with E-state index >= 15 is 0 Å². The summed E-state index contributed by atoms with van der Waals surface area (Å²) >= 11 is 0. The van der Waals surface area contributed by atoms with Crippen LogP contribution in [0.15, 0.2) is 24.3 Å². The first-order valence-electron chi connectivity index (χ1n) is 5.58. The number of nitro groups is 1. The van der Waals surface area contributed by atoms with Crippen molar-refractivity contribution in [1.82, 2.24) is 9.97 Å². The number of para-hydroxylation sites is 1. The van der Waals surface area contributed by atoms with Crippen LogP contribution in [0.1, 0.15) is 16.2 Å². The van der Waals surface area contributed by atoms with E-state index in [-0.39, 0.29) is 11.4 Å². The first-order valence-corrected chi connectivity index (χ1v) is 5.58. The third kappa shape index (κ3) is 3.08. The molecule has 0 atom stereocenters. The maximum atomic E-state index is 13.7. The molecule has 0 bridgehead atoms. The number of hydrogen-bond acceptors (Lipinski definition) is 6. The molecule has 1 N–H and O–H groups in total. The number of rotatable bonds is 4. The average Bonchev–Trinajstić information content (AvgIpc) is 2.40. The molecule has 108 valence electrons. The van der Waals surface area contributed by atoms with Crippen LogP contribution in [0.2, 0.25) is 0 Å². The van der Waals surface area contributed by atoms with E-state index in [9.17, 15) is 19.3 Å². The second-order valence-electron chi connectivity index (χ2n) is 3.93. The maximum Gasteiger partial charge on any atom is 0.354 e. The van der Waals surface area contributed by atoms with Gasteiger partial charge in [0.1, 0.15) is 0 Å². The Morgan fingerprint density at radius 2 is 2.14 bits per heavy atom. The van der Waals surface area contributed by atoms with Gasteiger partial charge in [-0.3, -0.25) is 10.1 Å². The molecule has 0 aliphatic heterocycles. The number of aromatic nitrogens is 2. The molecule has 0 saturated carbocycles. The summed E-state index contributed by atoms with van der Waals surface area (Å²) in [5, 5.41) is 19.7. The highest BCUT2D eigenvalue weighted by Gasteiger charge is 2.22. The van der Waals surface area contributed by atoms with Gasteiger partial charge in [0.05, 0.1) is 4.92 Å². The van der Waals surface area contributed by atoms with E-state index < -0.39 is 34.2 Å². The Morgan fingerprint density at radius 3 is 2.76 bits per heavy atom.